The van der Waals surface area contributed by atoms with Gasteiger partial charge in [0.2, 0.25) is 0 Å². The number of fused-ring (bicyclic) bond motifs is 1. The monoisotopic (exact) mass is 201 g/mol. The topological polar surface area (TPSA) is 35.2 Å². The van der Waals surface area contributed by atoms with Crippen molar-refractivity contribution in [2.75, 3.05) is 13.7 Å². The molecular formula is C13H15NO. The average molecular weight is 201 g/mol. The van der Waals surface area contributed by atoms with Crippen LogP contribution < -0.4 is 10.5 Å². The van der Waals surface area contributed by atoms with Crippen LogP contribution in [-0.4, -0.2) is 13.7 Å². The summed E-state index contributed by atoms with van der Waals surface area (Å²) >= 11 is 0. The van der Waals surface area contributed by atoms with Gasteiger partial charge in [0, 0.05) is 5.39 Å². The maximum absolute atomic E-state index is 5.60. The van der Waals surface area contributed by atoms with Crippen molar-refractivity contribution in [1.82, 2.24) is 0 Å². The van der Waals surface area contributed by atoms with E-state index in [1.165, 1.54) is 16.3 Å². The third-order valence-electron chi connectivity index (χ3n) is 2.59. The van der Waals surface area contributed by atoms with Crippen LogP contribution in [0.15, 0.2) is 36.4 Å². The lowest BCUT2D eigenvalue weighted by Gasteiger charge is -2.09. The Hall–Kier alpha value is -1.54. The molecule has 0 bridgehead atoms. The highest BCUT2D eigenvalue weighted by Crippen LogP contribution is 2.28. The Morgan fingerprint density at radius 1 is 1.13 bits per heavy atom. The van der Waals surface area contributed by atoms with Gasteiger partial charge in [0.1, 0.15) is 5.75 Å². The largest absolute Gasteiger partial charge is 0.496 e. The van der Waals surface area contributed by atoms with E-state index in [0.717, 1.165) is 12.2 Å². The Balaban J connectivity index is 2.69. The molecule has 2 nitrogen and oxygen atoms in total. The number of methoxy groups -OCH3 is 1. The zero-order valence-corrected chi connectivity index (χ0v) is 8.86. The van der Waals surface area contributed by atoms with Crippen LogP contribution >= 0.6 is 0 Å². The maximum Gasteiger partial charge on any atom is 0.126 e. The van der Waals surface area contributed by atoms with E-state index in [4.69, 9.17) is 10.5 Å². The second kappa shape index (κ2) is 4.32. The van der Waals surface area contributed by atoms with Crippen LogP contribution in [0.4, 0.5) is 0 Å². The number of ether oxygens (including phenoxy) is 1. The zero-order valence-electron chi connectivity index (χ0n) is 8.86. The molecule has 0 spiro atoms. The first-order valence-corrected chi connectivity index (χ1v) is 5.11. The van der Waals surface area contributed by atoms with Crippen molar-refractivity contribution in [3.8, 4) is 5.75 Å². The van der Waals surface area contributed by atoms with E-state index in [2.05, 4.69) is 24.3 Å². The third-order valence-corrected chi connectivity index (χ3v) is 2.59. The molecule has 0 amide bonds. The molecule has 0 saturated heterocycles. The van der Waals surface area contributed by atoms with Crippen molar-refractivity contribution < 1.29 is 4.74 Å². The van der Waals surface area contributed by atoms with Crippen molar-refractivity contribution in [1.29, 1.82) is 0 Å². The first kappa shape index (κ1) is 9.99. The average Bonchev–Trinajstić information content (AvgIpc) is 2.29. The molecule has 0 aromatic heterocycles. The van der Waals surface area contributed by atoms with Crippen molar-refractivity contribution in [2.45, 2.75) is 6.42 Å². The van der Waals surface area contributed by atoms with Gasteiger partial charge in [-0.2, -0.15) is 0 Å². The Morgan fingerprint density at radius 3 is 2.53 bits per heavy atom. The molecule has 0 unspecified atom stereocenters. The first-order chi connectivity index (χ1) is 7.36. The molecule has 0 atom stereocenters. The molecule has 0 aliphatic rings. The molecule has 0 heterocycles. The molecule has 0 aliphatic heterocycles. The summed E-state index contributed by atoms with van der Waals surface area (Å²) in [5.41, 5.74) is 6.86. The summed E-state index contributed by atoms with van der Waals surface area (Å²) in [5.74, 6) is 0.927. The van der Waals surface area contributed by atoms with Crippen molar-refractivity contribution in [3.05, 3.63) is 42.0 Å². The molecule has 2 aromatic carbocycles. The minimum atomic E-state index is 0.664. The molecule has 2 N–H and O–H groups in total. The quantitative estimate of drug-likeness (QED) is 0.827. The molecule has 0 saturated carbocycles. The van der Waals surface area contributed by atoms with E-state index in [9.17, 15) is 0 Å². The van der Waals surface area contributed by atoms with Crippen LogP contribution in [0.1, 0.15) is 5.56 Å². The highest BCUT2D eigenvalue weighted by Gasteiger charge is 2.05. The van der Waals surface area contributed by atoms with E-state index in [0.29, 0.717) is 6.54 Å². The van der Waals surface area contributed by atoms with Crippen molar-refractivity contribution in [2.24, 2.45) is 5.73 Å². The Kier molecular flexibility index (Phi) is 2.88. The fourth-order valence-electron chi connectivity index (χ4n) is 1.92. The zero-order chi connectivity index (χ0) is 10.7. The van der Waals surface area contributed by atoms with Crippen molar-refractivity contribution in [3.63, 3.8) is 0 Å². The van der Waals surface area contributed by atoms with Crippen LogP contribution in [0.5, 0.6) is 5.75 Å². The van der Waals surface area contributed by atoms with Gasteiger partial charge in [-0.3, -0.25) is 0 Å². The minimum Gasteiger partial charge on any atom is -0.496 e. The predicted octanol–water partition coefficient (Wildman–Crippen LogP) is 2.35. The molecule has 2 heteroatoms. The van der Waals surface area contributed by atoms with Crippen LogP contribution in [0.25, 0.3) is 10.8 Å². The SMILES string of the molecule is COc1cccc2cccc(CCN)c12. The van der Waals surface area contributed by atoms with Crippen LogP contribution in [0.3, 0.4) is 0 Å². The summed E-state index contributed by atoms with van der Waals surface area (Å²) < 4.78 is 5.37. The minimum absolute atomic E-state index is 0.664. The number of hydrogen-bond acceptors (Lipinski definition) is 2. The molecule has 0 aliphatic carbocycles. The summed E-state index contributed by atoms with van der Waals surface area (Å²) in [5, 5.41) is 2.40. The van der Waals surface area contributed by atoms with Crippen molar-refractivity contribution >= 4 is 10.8 Å². The first-order valence-electron chi connectivity index (χ1n) is 5.11. The smallest absolute Gasteiger partial charge is 0.126 e. The van der Waals surface area contributed by atoms with Gasteiger partial charge in [-0.1, -0.05) is 30.3 Å². The summed E-state index contributed by atoms with van der Waals surface area (Å²) in [7, 11) is 1.70. The van der Waals surface area contributed by atoms with Gasteiger partial charge in [0.15, 0.2) is 0 Å². The van der Waals surface area contributed by atoms with E-state index < -0.39 is 0 Å². The summed E-state index contributed by atoms with van der Waals surface area (Å²) in [6.45, 7) is 0.664. The van der Waals surface area contributed by atoms with Crippen LogP contribution in [-0.2, 0) is 6.42 Å². The summed E-state index contributed by atoms with van der Waals surface area (Å²) in [4.78, 5) is 0. The lowest BCUT2D eigenvalue weighted by atomic mass is 10.0. The molecule has 78 valence electrons. The number of hydrogen-bond donors (Lipinski definition) is 1. The molecule has 2 rings (SSSR count). The van der Waals surface area contributed by atoms with Gasteiger partial charge < -0.3 is 10.5 Å². The molecule has 0 fully saturated rings. The van der Waals surface area contributed by atoms with Gasteiger partial charge >= 0.3 is 0 Å². The Morgan fingerprint density at radius 2 is 1.87 bits per heavy atom. The highest BCUT2D eigenvalue weighted by atomic mass is 16.5. The van der Waals surface area contributed by atoms with Gasteiger partial charge in [-0.05, 0) is 30.0 Å². The van der Waals surface area contributed by atoms with E-state index in [1.807, 2.05) is 12.1 Å². The fourth-order valence-corrected chi connectivity index (χ4v) is 1.92. The van der Waals surface area contributed by atoms with E-state index in [1.54, 1.807) is 7.11 Å². The maximum atomic E-state index is 5.60. The second-order valence-corrected chi connectivity index (χ2v) is 3.51. The number of rotatable bonds is 3. The normalized spacial score (nSPS) is 10.5. The van der Waals surface area contributed by atoms with E-state index in [-0.39, 0.29) is 0 Å². The van der Waals surface area contributed by atoms with Crippen LogP contribution in [0, 0.1) is 0 Å². The molecule has 0 radical (unpaired) electrons. The predicted molar refractivity (Wildman–Crippen MR) is 63.3 cm³/mol. The van der Waals surface area contributed by atoms with Gasteiger partial charge in [0.05, 0.1) is 7.11 Å². The molecule has 2 aromatic rings. The number of benzene rings is 2. The Bertz CT molecular complexity index is 460. The van der Waals surface area contributed by atoms with Gasteiger partial charge in [-0.25, -0.2) is 0 Å². The van der Waals surface area contributed by atoms with E-state index >= 15 is 0 Å². The summed E-state index contributed by atoms with van der Waals surface area (Å²) in [6.07, 6.45) is 0.887. The summed E-state index contributed by atoms with van der Waals surface area (Å²) in [6, 6.07) is 12.4. The lowest BCUT2D eigenvalue weighted by molar-refractivity contribution is 0.419. The van der Waals surface area contributed by atoms with Gasteiger partial charge in [0.25, 0.3) is 0 Å². The van der Waals surface area contributed by atoms with Gasteiger partial charge in [-0.15, -0.1) is 0 Å². The Labute approximate surface area is 89.7 Å². The lowest BCUT2D eigenvalue weighted by Crippen LogP contribution is -2.03. The second-order valence-electron chi connectivity index (χ2n) is 3.51. The molecule has 15 heavy (non-hydrogen) atoms. The highest BCUT2D eigenvalue weighted by molar-refractivity contribution is 5.91. The standard InChI is InChI=1S/C13H15NO/c1-15-12-7-3-6-10-4-2-5-11(8-9-14)13(10)12/h2-7H,8-9,14H2,1H3. The molecular weight excluding hydrogens is 186 g/mol. The fraction of sp³-hybridized carbons (Fsp3) is 0.231. The van der Waals surface area contributed by atoms with Crippen LogP contribution in [0.2, 0.25) is 0 Å². The third kappa shape index (κ3) is 1.81. The number of nitrogens with two attached hydrogens (primary N) is 1.